The SMILES string of the molecule is C=C(C)CNC(=S)Nc1ccc(-c2csc(C)n2)cc1. The lowest BCUT2D eigenvalue weighted by atomic mass is 10.1. The fourth-order valence-corrected chi connectivity index (χ4v) is 2.44. The minimum Gasteiger partial charge on any atom is -0.359 e. The maximum absolute atomic E-state index is 5.21. The van der Waals surface area contributed by atoms with Gasteiger partial charge in [-0.05, 0) is 38.2 Å². The normalized spacial score (nSPS) is 10.1. The molecule has 20 heavy (non-hydrogen) atoms. The summed E-state index contributed by atoms with van der Waals surface area (Å²) in [6.07, 6.45) is 0. The summed E-state index contributed by atoms with van der Waals surface area (Å²) >= 11 is 6.87. The Morgan fingerprint density at radius 1 is 1.35 bits per heavy atom. The van der Waals surface area contributed by atoms with E-state index in [0.29, 0.717) is 11.7 Å². The molecule has 3 nitrogen and oxygen atoms in total. The third kappa shape index (κ3) is 4.15. The van der Waals surface area contributed by atoms with Crippen molar-refractivity contribution in [3.63, 3.8) is 0 Å². The average Bonchev–Trinajstić information content (AvgIpc) is 2.84. The van der Waals surface area contributed by atoms with Crippen LogP contribution in [0.1, 0.15) is 11.9 Å². The monoisotopic (exact) mass is 303 g/mol. The predicted molar refractivity (Wildman–Crippen MR) is 91.3 cm³/mol. The lowest BCUT2D eigenvalue weighted by Crippen LogP contribution is -2.29. The first-order valence-electron chi connectivity index (χ1n) is 6.26. The molecule has 104 valence electrons. The molecule has 0 unspecified atom stereocenters. The molecule has 0 amide bonds. The molecule has 0 saturated heterocycles. The van der Waals surface area contributed by atoms with Crippen LogP contribution in [0.25, 0.3) is 11.3 Å². The van der Waals surface area contributed by atoms with Crippen LogP contribution in [0.4, 0.5) is 5.69 Å². The molecular weight excluding hydrogens is 286 g/mol. The van der Waals surface area contributed by atoms with Crippen LogP contribution in [0, 0.1) is 6.92 Å². The van der Waals surface area contributed by atoms with Crippen molar-refractivity contribution in [3.05, 3.63) is 46.8 Å². The van der Waals surface area contributed by atoms with Crippen LogP contribution in [-0.4, -0.2) is 16.6 Å². The maximum Gasteiger partial charge on any atom is 0.171 e. The lowest BCUT2D eigenvalue weighted by molar-refractivity contribution is 1.000. The van der Waals surface area contributed by atoms with E-state index in [4.69, 9.17) is 12.2 Å². The van der Waals surface area contributed by atoms with Crippen molar-refractivity contribution in [2.75, 3.05) is 11.9 Å². The van der Waals surface area contributed by atoms with Gasteiger partial charge in [0.1, 0.15) is 0 Å². The number of aromatic nitrogens is 1. The van der Waals surface area contributed by atoms with Gasteiger partial charge in [0, 0.05) is 23.2 Å². The first-order valence-corrected chi connectivity index (χ1v) is 7.55. The number of thiocarbonyl (C=S) groups is 1. The Balaban J connectivity index is 1.98. The highest BCUT2D eigenvalue weighted by molar-refractivity contribution is 7.80. The Morgan fingerprint density at radius 2 is 2.05 bits per heavy atom. The van der Waals surface area contributed by atoms with Gasteiger partial charge in [-0.1, -0.05) is 24.3 Å². The van der Waals surface area contributed by atoms with Crippen LogP contribution < -0.4 is 10.6 Å². The van der Waals surface area contributed by atoms with Crippen LogP contribution in [0.15, 0.2) is 41.8 Å². The summed E-state index contributed by atoms with van der Waals surface area (Å²) in [7, 11) is 0. The molecule has 1 aromatic carbocycles. The second-order valence-corrected chi connectivity index (χ2v) is 6.06. The molecule has 0 aliphatic carbocycles. The standard InChI is InChI=1S/C15H17N3S2/c1-10(2)8-16-15(19)18-13-6-4-12(5-7-13)14-9-20-11(3)17-14/h4-7,9H,1,8H2,2-3H3,(H2,16,18,19). The summed E-state index contributed by atoms with van der Waals surface area (Å²) < 4.78 is 0. The molecule has 0 aliphatic heterocycles. The van der Waals surface area contributed by atoms with E-state index in [9.17, 15) is 0 Å². The Morgan fingerprint density at radius 3 is 2.60 bits per heavy atom. The molecule has 0 fully saturated rings. The van der Waals surface area contributed by atoms with Gasteiger partial charge in [0.25, 0.3) is 0 Å². The zero-order valence-corrected chi connectivity index (χ0v) is 13.2. The number of aryl methyl sites for hydroxylation is 1. The fourth-order valence-electron chi connectivity index (χ4n) is 1.63. The number of benzene rings is 1. The summed E-state index contributed by atoms with van der Waals surface area (Å²) in [5, 5.41) is 9.98. The van der Waals surface area contributed by atoms with Gasteiger partial charge in [0.2, 0.25) is 0 Å². The number of nitrogens with zero attached hydrogens (tertiary/aromatic N) is 1. The number of nitrogens with one attached hydrogen (secondary N) is 2. The molecule has 0 aliphatic rings. The molecule has 0 saturated carbocycles. The Bertz CT molecular complexity index is 614. The lowest BCUT2D eigenvalue weighted by Gasteiger charge is -2.10. The van der Waals surface area contributed by atoms with E-state index < -0.39 is 0 Å². The zero-order valence-electron chi connectivity index (χ0n) is 11.6. The van der Waals surface area contributed by atoms with Crippen molar-refractivity contribution in [3.8, 4) is 11.3 Å². The van der Waals surface area contributed by atoms with E-state index in [-0.39, 0.29) is 0 Å². The number of thiazole rings is 1. The van der Waals surface area contributed by atoms with E-state index in [2.05, 4.69) is 27.6 Å². The number of hydrogen-bond donors (Lipinski definition) is 2. The topological polar surface area (TPSA) is 37.0 Å². The first kappa shape index (κ1) is 14.7. The van der Waals surface area contributed by atoms with Crippen LogP contribution in [0.3, 0.4) is 0 Å². The van der Waals surface area contributed by atoms with Gasteiger partial charge < -0.3 is 10.6 Å². The zero-order chi connectivity index (χ0) is 14.5. The van der Waals surface area contributed by atoms with E-state index in [0.717, 1.165) is 27.5 Å². The molecular formula is C15H17N3S2. The van der Waals surface area contributed by atoms with Crippen molar-refractivity contribution in [1.82, 2.24) is 10.3 Å². The second-order valence-electron chi connectivity index (χ2n) is 4.59. The minimum absolute atomic E-state index is 0.602. The van der Waals surface area contributed by atoms with Crippen LogP contribution in [-0.2, 0) is 0 Å². The number of rotatable bonds is 4. The van der Waals surface area contributed by atoms with Crippen molar-refractivity contribution in [1.29, 1.82) is 0 Å². The van der Waals surface area contributed by atoms with Gasteiger partial charge in [-0.3, -0.25) is 0 Å². The first-order chi connectivity index (χ1) is 9.54. The Labute approximate surface area is 128 Å². The summed E-state index contributed by atoms with van der Waals surface area (Å²) in [5.41, 5.74) is 4.13. The van der Waals surface area contributed by atoms with E-state index in [1.165, 1.54) is 0 Å². The van der Waals surface area contributed by atoms with Gasteiger partial charge in [0.15, 0.2) is 5.11 Å². The van der Waals surface area contributed by atoms with Crippen molar-refractivity contribution < 1.29 is 0 Å². The third-order valence-corrected chi connectivity index (χ3v) is 3.63. The molecule has 2 rings (SSSR count). The highest BCUT2D eigenvalue weighted by Gasteiger charge is 2.02. The van der Waals surface area contributed by atoms with Crippen molar-refractivity contribution in [2.24, 2.45) is 0 Å². The summed E-state index contributed by atoms with van der Waals surface area (Å²) in [4.78, 5) is 4.47. The number of hydrogen-bond acceptors (Lipinski definition) is 3. The number of anilines is 1. The summed E-state index contributed by atoms with van der Waals surface area (Å²) in [6.45, 7) is 8.48. The summed E-state index contributed by atoms with van der Waals surface area (Å²) in [6, 6.07) is 8.08. The molecule has 1 aromatic heterocycles. The van der Waals surface area contributed by atoms with Gasteiger partial charge >= 0.3 is 0 Å². The molecule has 2 N–H and O–H groups in total. The van der Waals surface area contributed by atoms with E-state index >= 15 is 0 Å². The molecule has 2 aromatic rings. The Hall–Kier alpha value is -1.72. The average molecular weight is 303 g/mol. The molecule has 0 bridgehead atoms. The van der Waals surface area contributed by atoms with Gasteiger partial charge in [-0.2, -0.15) is 0 Å². The van der Waals surface area contributed by atoms with Crippen LogP contribution in [0.5, 0.6) is 0 Å². The van der Waals surface area contributed by atoms with Gasteiger partial charge in [-0.15, -0.1) is 11.3 Å². The molecule has 0 spiro atoms. The minimum atomic E-state index is 0.602. The quantitative estimate of drug-likeness (QED) is 0.662. The van der Waals surface area contributed by atoms with Crippen LogP contribution in [0.2, 0.25) is 0 Å². The largest absolute Gasteiger partial charge is 0.359 e. The van der Waals surface area contributed by atoms with E-state index in [1.807, 2.05) is 38.1 Å². The molecule has 0 atom stereocenters. The molecule has 5 heteroatoms. The Kier molecular flexibility index (Phi) is 4.87. The van der Waals surface area contributed by atoms with Crippen molar-refractivity contribution in [2.45, 2.75) is 13.8 Å². The smallest absolute Gasteiger partial charge is 0.171 e. The third-order valence-electron chi connectivity index (χ3n) is 2.61. The summed E-state index contributed by atoms with van der Waals surface area (Å²) in [5.74, 6) is 0. The fraction of sp³-hybridized carbons (Fsp3) is 0.200. The van der Waals surface area contributed by atoms with Crippen molar-refractivity contribution >= 4 is 34.4 Å². The van der Waals surface area contributed by atoms with Gasteiger partial charge in [-0.25, -0.2) is 4.98 Å². The van der Waals surface area contributed by atoms with E-state index in [1.54, 1.807) is 11.3 Å². The highest BCUT2D eigenvalue weighted by atomic mass is 32.1. The predicted octanol–water partition coefficient (Wildman–Crippen LogP) is 3.98. The van der Waals surface area contributed by atoms with Crippen LogP contribution >= 0.6 is 23.6 Å². The highest BCUT2D eigenvalue weighted by Crippen LogP contribution is 2.22. The molecule has 1 heterocycles. The molecule has 0 radical (unpaired) electrons. The second kappa shape index (κ2) is 6.63. The maximum atomic E-state index is 5.21. The van der Waals surface area contributed by atoms with Gasteiger partial charge in [0.05, 0.1) is 10.7 Å².